The Morgan fingerprint density at radius 3 is 2.67 bits per heavy atom. The molecule has 4 N–H and O–H groups in total. The quantitative estimate of drug-likeness (QED) is 0.823. The molecule has 0 aliphatic heterocycles. The van der Waals surface area contributed by atoms with E-state index < -0.39 is 11.7 Å². The van der Waals surface area contributed by atoms with Crippen LogP contribution in [-0.2, 0) is 0 Å². The van der Waals surface area contributed by atoms with Crippen molar-refractivity contribution in [3.05, 3.63) is 29.6 Å². The molecular weight excluding hydrogens is 233 g/mol. The van der Waals surface area contributed by atoms with Gasteiger partial charge in [-0.3, -0.25) is 4.79 Å². The van der Waals surface area contributed by atoms with Crippen LogP contribution in [0, 0.1) is 11.7 Å². The van der Waals surface area contributed by atoms with Crippen LogP contribution in [0.4, 0.5) is 10.1 Å². The predicted molar refractivity (Wildman–Crippen MR) is 68.9 cm³/mol. The maximum absolute atomic E-state index is 14.0. The molecule has 1 atom stereocenters. The summed E-state index contributed by atoms with van der Waals surface area (Å²) < 4.78 is 14.0. The van der Waals surface area contributed by atoms with E-state index in [0.29, 0.717) is 18.2 Å². The zero-order chi connectivity index (χ0) is 13.3. The lowest BCUT2D eigenvalue weighted by molar-refractivity contribution is 0.1000. The van der Waals surface area contributed by atoms with Crippen LogP contribution in [0.2, 0.25) is 0 Å². The number of rotatable bonds is 5. The van der Waals surface area contributed by atoms with Gasteiger partial charge in [0.25, 0.3) is 0 Å². The number of carbonyl (C=O) groups is 1. The average Bonchev–Trinajstić information content (AvgIpc) is 3.14. The van der Waals surface area contributed by atoms with Crippen LogP contribution < -0.4 is 16.4 Å². The molecule has 5 heteroatoms. The van der Waals surface area contributed by atoms with Gasteiger partial charge in [0, 0.05) is 25.2 Å². The van der Waals surface area contributed by atoms with Crippen molar-refractivity contribution >= 4 is 11.6 Å². The number of hydrogen-bond acceptors (Lipinski definition) is 3. The molecule has 1 aliphatic carbocycles. The molecule has 0 aromatic heterocycles. The summed E-state index contributed by atoms with van der Waals surface area (Å²) in [6.45, 7) is 0.498. The molecule has 18 heavy (non-hydrogen) atoms. The fraction of sp³-hybridized carbons (Fsp3) is 0.462. The monoisotopic (exact) mass is 251 g/mol. The van der Waals surface area contributed by atoms with E-state index in [1.807, 2.05) is 11.9 Å². The first kappa shape index (κ1) is 12.8. The molecule has 1 aromatic rings. The number of amides is 1. The van der Waals surface area contributed by atoms with Gasteiger partial charge in [0.05, 0.1) is 5.69 Å². The summed E-state index contributed by atoms with van der Waals surface area (Å²) in [5.41, 5.74) is 11.5. The number of nitrogens with two attached hydrogens (primary N) is 2. The highest BCUT2D eigenvalue weighted by molar-refractivity contribution is 5.93. The first-order chi connectivity index (χ1) is 8.54. The minimum Gasteiger partial charge on any atom is -0.368 e. The first-order valence-electron chi connectivity index (χ1n) is 6.07. The molecule has 0 radical (unpaired) electrons. The summed E-state index contributed by atoms with van der Waals surface area (Å²) in [6.07, 6.45) is 2.29. The molecule has 4 nitrogen and oxygen atoms in total. The van der Waals surface area contributed by atoms with E-state index in [1.54, 1.807) is 6.07 Å². The average molecular weight is 251 g/mol. The second-order valence-electron chi connectivity index (χ2n) is 4.78. The van der Waals surface area contributed by atoms with Gasteiger partial charge < -0.3 is 16.4 Å². The fourth-order valence-corrected chi connectivity index (χ4v) is 2.27. The number of nitrogens with zero attached hydrogens (tertiary/aromatic N) is 1. The molecule has 1 amide bonds. The number of benzene rings is 1. The zero-order valence-electron chi connectivity index (χ0n) is 10.4. The van der Waals surface area contributed by atoms with Crippen LogP contribution in [0.1, 0.15) is 23.2 Å². The van der Waals surface area contributed by atoms with Gasteiger partial charge in [0.15, 0.2) is 0 Å². The minimum atomic E-state index is -0.624. The Morgan fingerprint density at radius 1 is 1.56 bits per heavy atom. The second-order valence-corrected chi connectivity index (χ2v) is 4.78. The van der Waals surface area contributed by atoms with Crippen LogP contribution >= 0.6 is 0 Å². The highest BCUT2D eigenvalue weighted by atomic mass is 19.1. The SMILES string of the molecule is CN(c1ccc(C(N)=O)cc1F)C(CN)C1CC1. The van der Waals surface area contributed by atoms with Crippen molar-refractivity contribution in [3.63, 3.8) is 0 Å². The normalized spacial score (nSPS) is 16.4. The van der Waals surface area contributed by atoms with E-state index in [9.17, 15) is 9.18 Å². The van der Waals surface area contributed by atoms with Crippen LogP contribution in [0.3, 0.4) is 0 Å². The van der Waals surface area contributed by atoms with Crippen molar-refractivity contribution in [3.8, 4) is 0 Å². The molecule has 98 valence electrons. The van der Waals surface area contributed by atoms with Gasteiger partial charge in [-0.25, -0.2) is 4.39 Å². The van der Waals surface area contributed by atoms with Crippen molar-refractivity contribution in [1.82, 2.24) is 0 Å². The molecule has 0 spiro atoms. The standard InChI is InChI=1S/C13H18FN3O/c1-17(12(7-15)8-2-3-8)11-5-4-9(13(16)18)6-10(11)14/h4-6,8,12H,2-3,7,15H2,1H3,(H2,16,18). The van der Waals surface area contributed by atoms with Crippen molar-refractivity contribution in [2.75, 3.05) is 18.5 Å². The molecule has 1 aliphatic rings. The number of anilines is 1. The van der Waals surface area contributed by atoms with E-state index in [1.165, 1.54) is 12.1 Å². The Morgan fingerprint density at radius 2 is 2.22 bits per heavy atom. The molecule has 1 aromatic carbocycles. The van der Waals surface area contributed by atoms with Crippen LogP contribution in [0.25, 0.3) is 0 Å². The Kier molecular flexibility index (Phi) is 3.52. The van der Waals surface area contributed by atoms with E-state index in [-0.39, 0.29) is 11.6 Å². The van der Waals surface area contributed by atoms with Crippen LogP contribution in [-0.4, -0.2) is 25.5 Å². The third-order valence-corrected chi connectivity index (χ3v) is 3.52. The number of carbonyl (C=O) groups excluding carboxylic acids is 1. The van der Waals surface area contributed by atoms with Gasteiger partial charge >= 0.3 is 0 Å². The first-order valence-corrected chi connectivity index (χ1v) is 6.07. The number of hydrogen-bond donors (Lipinski definition) is 2. The van der Waals surface area contributed by atoms with Crippen LogP contribution in [0.15, 0.2) is 18.2 Å². The Balaban J connectivity index is 2.24. The van der Waals surface area contributed by atoms with Gasteiger partial charge in [-0.15, -0.1) is 0 Å². The summed E-state index contributed by atoms with van der Waals surface area (Å²) in [6, 6.07) is 4.45. The summed E-state index contributed by atoms with van der Waals surface area (Å²) in [4.78, 5) is 12.8. The van der Waals surface area contributed by atoms with Crippen molar-refractivity contribution < 1.29 is 9.18 Å². The Bertz CT molecular complexity index is 460. The largest absolute Gasteiger partial charge is 0.368 e. The fourth-order valence-electron chi connectivity index (χ4n) is 2.27. The number of primary amides is 1. The lowest BCUT2D eigenvalue weighted by Gasteiger charge is -2.29. The molecule has 0 heterocycles. The van der Waals surface area contributed by atoms with E-state index in [4.69, 9.17) is 11.5 Å². The molecule has 1 saturated carbocycles. The maximum Gasteiger partial charge on any atom is 0.248 e. The van der Waals surface area contributed by atoms with Crippen molar-refractivity contribution in [2.24, 2.45) is 17.4 Å². The Hall–Kier alpha value is -1.62. The lowest BCUT2D eigenvalue weighted by atomic mass is 10.1. The van der Waals surface area contributed by atoms with Gasteiger partial charge in [-0.2, -0.15) is 0 Å². The van der Waals surface area contributed by atoms with Gasteiger partial charge in [-0.05, 0) is 37.0 Å². The predicted octanol–water partition coefficient (Wildman–Crippen LogP) is 1.10. The summed E-state index contributed by atoms with van der Waals surface area (Å²) in [5, 5.41) is 0. The maximum atomic E-state index is 14.0. The summed E-state index contributed by atoms with van der Waals surface area (Å²) in [5.74, 6) is -0.510. The zero-order valence-corrected chi connectivity index (χ0v) is 10.4. The van der Waals surface area contributed by atoms with E-state index in [0.717, 1.165) is 12.8 Å². The van der Waals surface area contributed by atoms with E-state index >= 15 is 0 Å². The van der Waals surface area contributed by atoms with Gasteiger partial charge in [0.1, 0.15) is 5.82 Å². The molecule has 1 fully saturated rings. The molecular formula is C13H18FN3O. The number of likely N-dealkylation sites (N-methyl/N-ethyl adjacent to an activating group) is 1. The third-order valence-electron chi connectivity index (χ3n) is 3.52. The highest BCUT2D eigenvalue weighted by Crippen LogP contribution is 2.36. The van der Waals surface area contributed by atoms with Crippen molar-refractivity contribution in [1.29, 1.82) is 0 Å². The Labute approximate surface area is 106 Å². The topological polar surface area (TPSA) is 72.3 Å². The van der Waals surface area contributed by atoms with Crippen LogP contribution in [0.5, 0.6) is 0 Å². The highest BCUT2D eigenvalue weighted by Gasteiger charge is 2.33. The minimum absolute atomic E-state index is 0.152. The smallest absolute Gasteiger partial charge is 0.248 e. The summed E-state index contributed by atoms with van der Waals surface area (Å²) >= 11 is 0. The molecule has 2 rings (SSSR count). The molecule has 0 saturated heterocycles. The van der Waals surface area contributed by atoms with Gasteiger partial charge in [-0.1, -0.05) is 0 Å². The number of halogens is 1. The summed E-state index contributed by atoms with van der Waals surface area (Å²) in [7, 11) is 1.83. The second kappa shape index (κ2) is 4.94. The molecule has 1 unspecified atom stereocenters. The lowest BCUT2D eigenvalue weighted by Crippen LogP contribution is -2.40. The third kappa shape index (κ3) is 2.46. The van der Waals surface area contributed by atoms with Gasteiger partial charge in [0.2, 0.25) is 5.91 Å². The molecule has 0 bridgehead atoms. The van der Waals surface area contributed by atoms with Crippen molar-refractivity contribution in [2.45, 2.75) is 18.9 Å². The van der Waals surface area contributed by atoms with E-state index in [2.05, 4.69) is 0 Å².